The Morgan fingerprint density at radius 3 is 2.90 bits per heavy atom. The van der Waals surface area contributed by atoms with Crippen molar-refractivity contribution in [1.82, 2.24) is 15.1 Å². The Morgan fingerprint density at radius 1 is 1.57 bits per heavy atom. The number of aryl methyl sites for hydroxylation is 1. The fourth-order valence-corrected chi connectivity index (χ4v) is 3.04. The zero-order chi connectivity index (χ0) is 15.4. The highest BCUT2D eigenvalue weighted by molar-refractivity contribution is 7.98. The number of carboxylic acid groups (broad SMARTS) is 1. The minimum atomic E-state index is -1.04. The van der Waals surface area contributed by atoms with Crippen LogP contribution in [-0.2, 0) is 11.8 Å². The fraction of sp³-hybridized carbons (Fsp3) is 0.308. The highest BCUT2D eigenvalue weighted by Crippen LogP contribution is 2.23. The average molecular weight is 325 g/mol. The average Bonchev–Trinajstić information content (AvgIpc) is 3.06. The Hall–Kier alpha value is -1.80. The van der Waals surface area contributed by atoms with Gasteiger partial charge in [-0.15, -0.1) is 11.3 Å². The molecule has 0 saturated carbocycles. The van der Waals surface area contributed by atoms with Crippen molar-refractivity contribution in [1.29, 1.82) is 0 Å². The Labute approximate surface area is 130 Å². The van der Waals surface area contributed by atoms with E-state index in [4.69, 9.17) is 5.11 Å². The van der Waals surface area contributed by atoms with Gasteiger partial charge in [0, 0.05) is 12.8 Å². The molecule has 21 heavy (non-hydrogen) atoms. The minimum absolute atomic E-state index is 0.316. The maximum atomic E-state index is 12.2. The molecule has 2 rings (SSSR count). The molecule has 1 atom stereocenters. The lowest BCUT2D eigenvalue weighted by Gasteiger charge is -2.12. The summed E-state index contributed by atoms with van der Waals surface area (Å²) in [5, 5.41) is 17.8. The van der Waals surface area contributed by atoms with Crippen LogP contribution in [0.3, 0.4) is 0 Å². The summed E-state index contributed by atoms with van der Waals surface area (Å²) in [6.07, 6.45) is 1.79. The molecule has 0 spiro atoms. The SMILES string of the molecule is CSC[C@H](NC(=O)c1cc(-c2cccs2)nn1C)C(=O)O. The van der Waals surface area contributed by atoms with Gasteiger partial charge in [0.1, 0.15) is 17.4 Å². The van der Waals surface area contributed by atoms with Crippen LogP contribution in [0, 0.1) is 0 Å². The van der Waals surface area contributed by atoms with E-state index in [9.17, 15) is 9.59 Å². The molecule has 2 heterocycles. The smallest absolute Gasteiger partial charge is 0.327 e. The first-order valence-electron chi connectivity index (χ1n) is 6.13. The summed E-state index contributed by atoms with van der Waals surface area (Å²) >= 11 is 2.90. The topological polar surface area (TPSA) is 84.2 Å². The van der Waals surface area contributed by atoms with Crippen molar-refractivity contribution >= 4 is 35.0 Å². The number of hydrogen-bond donors (Lipinski definition) is 2. The maximum Gasteiger partial charge on any atom is 0.327 e. The number of nitrogens with zero attached hydrogens (tertiary/aromatic N) is 2. The lowest BCUT2D eigenvalue weighted by molar-refractivity contribution is -0.138. The van der Waals surface area contributed by atoms with Gasteiger partial charge < -0.3 is 10.4 Å². The zero-order valence-electron chi connectivity index (χ0n) is 11.6. The van der Waals surface area contributed by atoms with Gasteiger partial charge >= 0.3 is 5.97 Å². The number of amides is 1. The van der Waals surface area contributed by atoms with Crippen LogP contribution in [0.5, 0.6) is 0 Å². The highest BCUT2D eigenvalue weighted by atomic mass is 32.2. The molecule has 0 saturated heterocycles. The summed E-state index contributed by atoms with van der Waals surface area (Å²) in [6.45, 7) is 0. The van der Waals surface area contributed by atoms with Gasteiger partial charge in [0.05, 0.1) is 4.88 Å². The van der Waals surface area contributed by atoms with Gasteiger partial charge in [0.25, 0.3) is 5.91 Å². The van der Waals surface area contributed by atoms with Gasteiger partial charge in [-0.2, -0.15) is 16.9 Å². The van der Waals surface area contributed by atoms with E-state index in [0.717, 1.165) is 4.88 Å². The molecule has 6 nitrogen and oxygen atoms in total. The van der Waals surface area contributed by atoms with Gasteiger partial charge in [-0.25, -0.2) is 4.79 Å². The predicted molar refractivity (Wildman–Crippen MR) is 83.8 cm³/mol. The first-order chi connectivity index (χ1) is 10.0. The zero-order valence-corrected chi connectivity index (χ0v) is 13.2. The number of thiophene rings is 1. The van der Waals surface area contributed by atoms with Crippen LogP contribution < -0.4 is 5.32 Å². The van der Waals surface area contributed by atoms with E-state index in [1.165, 1.54) is 27.8 Å². The number of carbonyl (C=O) groups is 2. The molecule has 0 aromatic carbocycles. The minimum Gasteiger partial charge on any atom is -0.480 e. The molecule has 0 radical (unpaired) electrons. The summed E-state index contributed by atoms with van der Waals surface area (Å²) in [4.78, 5) is 24.2. The van der Waals surface area contributed by atoms with Crippen molar-refractivity contribution in [2.24, 2.45) is 7.05 Å². The number of thioether (sulfide) groups is 1. The molecule has 112 valence electrons. The lowest BCUT2D eigenvalue weighted by atomic mass is 10.2. The molecule has 0 bridgehead atoms. The fourth-order valence-electron chi connectivity index (χ4n) is 1.80. The van der Waals surface area contributed by atoms with Gasteiger partial charge in [0.2, 0.25) is 0 Å². The number of carbonyl (C=O) groups excluding carboxylic acids is 1. The van der Waals surface area contributed by atoms with Gasteiger partial charge in [-0.1, -0.05) is 6.07 Å². The van der Waals surface area contributed by atoms with Gasteiger partial charge in [0.15, 0.2) is 0 Å². The molecular weight excluding hydrogens is 310 g/mol. The quantitative estimate of drug-likeness (QED) is 0.844. The number of carboxylic acids is 1. The molecule has 0 aliphatic carbocycles. The van der Waals surface area contributed by atoms with Gasteiger partial charge in [-0.3, -0.25) is 9.48 Å². The van der Waals surface area contributed by atoms with E-state index < -0.39 is 17.9 Å². The predicted octanol–water partition coefficient (Wildman–Crippen LogP) is 1.69. The molecule has 0 fully saturated rings. The third kappa shape index (κ3) is 3.64. The summed E-state index contributed by atoms with van der Waals surface area (Å²) in [7, 11) is 1.66. The molecule has 1 amide bonds. The van der Waals surface area contributed by atoms with Crippen molar-refractivity contribution in [3.8, 4) is 10.6 Å². The molecule has 0 aliphatic heterocycles. The van der Waals surface area contributed by atoms with Gasteiger partial charge in [-0.05, 0) is 23.8 Å². The molecule has 2 N–H and O–H groups in total. The summed E-state index contributed by atoms with van der Waals surface area (Å²) < 4.78 is 1.46. The number of aliphatic carboxylic acids is 1. The second-order valence-electron chi connectivity index (χ2n) is 4.34. The van der Waals surface area contributed by atoms with Crippen molar-refractivity contribution in [2.45, 2.75) is 6.04 Å². The summed E-state index contributed by atoms with van der Waals surface area (Å²) in [5.74, 6) is -1.16. The second-order valence-corrected chi connectivity index (χ2v) is 6.19. The number of nitrogens with one attached hydrogen (secondary N) is 1. The van der Waals surface area contributed by atoms with E-state index in [1.54, 1.807) is 19.4 Å². The Kier molecular flexibility index (Phi) is 5.03. The van der Waals surface area contributed by atoms with Crippen molar-refractivity contribution < 1.29 is 14.7 Å². The third-order valence-electron chi connectivity index (χ3n) is 2.82. The molecule has 2 aromatic heterocycles. The van der Waals surface area contributed by atoms with Crippen molar-refractivity contribution in [3.05, 3.63) is 29.3 Å². The largest absolute Gasteiger partial charge is 0.480 e. The van der Waals surface area contributed by atoms with Crippen LogP contribution in [-0.4, -0.2) is 44.8 Å². The molecule has 0 unspecified atom stereocenters. The van der Waals surface area contributed by atoms with Crippen LogP contribution in [0.2, 0.25) is 0 Å². The molecule has 0 aliphatic rings. The summed E-state index contributed by atoms with van der Waals surface area (Å²) in [6, 6.07) is 4.59. The standard InChI is InChI=1S/C13H15N3O3S2/c1-16-10(6-8(15-16)11-4-3-5-21-11)12(17)14-9(7-20-2)13(18)19/h3-6,9H,7H2,1-2H3,(H,14,17)(H,18,19)/t9-/m0/s1. The first kappa shape index (κ1) is 15.6. The molecule has 2 aromatic rings. The number of rotatable bonds is 6. The van der Waals surface area contributed by atoms with Crippen LogP contribution in [0.15, 0.2) is 23.6 Å². The normalized spacial score (nSPS) is 12.1. The Morgan fingerprint density at radius 2 is 2.33 bits per heavy atom. The third-order valence-corrected chi connectivity index (χ3v) is 4.38. The van der Waals surface area contributed by atoms with Crippen molar-refractivity contribution in [3.63, 3.8) is 0 Å². The highest BCUT2D eigenvalue weighted by Gasteiger charge is 2.22. The van der Waals surface area contributed by atoms with E-state index in [-0.39, 0.29) is 0 Å². The van der Waals surface area contributed by atoms with E-state index >= 15 is 0 Å². The van der Waals surface area contributed by atoms with E-state index in [1.807, 2.05) is 17.5 Å². The maximum absolute atomic E-state index is 12.2. The van der Waals surface area contributed by atoms with E-state index in [0.29, 0.717) is 17.1 Å². The van der Waals surface area contributed by atoms with E-state index in [2.05, 4.69) is 10.4 Å². The number of hydrogen-bond acceptors (Lipinski definition) is 5. The number of aromatic nitrogens is 2. The Bertz CT molecular complexity index is 637. The van der Waals surface area contributed by atoms with Crippen LogP contribution in [0.1, 0.15) is 10.5 Å². The second kappa shape index (κ2) is 6.77. The first-order valence-corrected chi connectivity index (χ1v) is 8.40. The van der Waals surface area contributed by atoms with Crippen LogP contribution >= 0.6 is 23.1 Å². The van der Waals surface area contributed by atoms with Crippen LogP contribution in [0.4, 0.5) is 0 Å². The monoisotopic (exact) mass is 325 g/mol. The molecule has 8 heteroatoms. The van der Waals surface area contributed by atoms with Crippen molar-refractivity contribution in [2.75, 3.05) is 12.0 Å². The summed E-state index contributed by atoms with van der Waals surface area (Å²) in [5.41, 5.74) is 1.04. The lowest BCUT2D eigenvalue weighted by Crippen LogP contribution is -2.43. The Balaban J connectivity index is 2.18. The molecular formula is C13H15N3O3S2. The van der Waals surface area contributed by atoms with Crippen LogP contribution in [0.25, 0.3) is 10.6 Å².